The Balaban J connectivity index is 1.89. The number of carbonyl (C=O) groups is 2. The van der Waals surface area contributed by atoms with Gasteiger partial charge >= 0.3 is 0 Å². The van der Waals surface area contributed by atoms with Crippen molar-refractivity contribution in [1.29, 1.82) is 0 Å². The summed E-state index contributed by atoms with van der Waals surface area (Å²) in [4.78, 5) is 25.4. The Morgan fingerprint density at radius 2 is 1.82 bits per heavy atom. The first kappa shape index (κ1) is 26.7. The van der Waals surface area contributed by atoms with Crippen molar-refractivity contribution in [3.8, 4) is 5.75 Å². The Morgan fingerprint density at radius 1 is 1.12 bits per heavy atom. The quantitative estimate of drug-likeness (QED) is 0.340. The molecule has 2 amide bonds. The maximum atomic E-state index is 12.8. The molecule has 33 heavy (non-hydrogen) atoms. The monoisotopic (exact) mass is 475 g/mol. The highest BCUT2D eigenvalue weighted by molar-refractivity contribution is 7.98. The van der Waals surface area contributed by atoms with Gasteiger partial charge in [-0.3, -0.25) is 9.59 Å². The Kier molecular flexibility index (Phi) is 10.7. The van der Waals surface area contributed by atoms with Crippen LogP contribution in [0.15, 0.2) is 29.4 Å². The SMILES string of the molecule is CCOc1ccc(C(=O)NC(C(=O)NCCCc2nnc(SC)n2CC(C)C)C(C)C)cc1. The highest BCUT2D eigenvalue weighted by Crippen LogP contribution is 2.17. The molecule has 2 N–H and O–H groups in total. The number of benzene rings is 1. The summed E-state index contributed by atoms with van der Waals surface area (Å²) in [6.07, 6.45) is 3.47. The maximum absolute atomic E-state index is 12.8. The average molecular weight is 476 g/mol. The Morgan fingerprint density at radius 3 is 2.39 bits per heavy atom. The molecule has 0 radical (unpaired) electrons. The van der Waals surface area contributed by atoms with Crippen LogP contribution in [0.4, 0.5) is 0 Å². The second kappa shape index (κ2) is 13.2. The van der Waals surface area contributed by atoms with Gasteiger partial charge in [-0.15, -0.1) is 10.2 Å². The van der Waals surface area contributed by atoms with Gasteiger partial charge in [0.05, 0.1) is 6.61 Å². The first-order valence-corrected chi connectivity index (χ1v) is 12.8. The highest BCUT2D eigenvalue weighted by atomic mass is 32.2. The van der Waals surface area contributed by atoms with Crippen LogP contribution >= 0.6 is 11.8 Å². The van der Waals surface area contributed by atoms with Gasteiger partial charge in [-0.1, -0.05) is 39.5 Å². The lowest BCUT2D eigenvalue weighted by Gasteiger charge is -2.22. The van der Waals surface area contributed by atoms with Gasteiger partial charge in [-0.25, -0.2) is 0 Å². The number of aromatic nitrogens is 3. The normalized spacial score (nSPS) is 12.1. The topological polar surface area (TPSA) is 98.1 Å². The molecular weight excluding hydrogens is 438 g/mol. The van der Waals surface area contributed by atoms with E-state index < -0.39 is 6.04 Å². The van der Waals surface area contributed by atoms with Gasteiger partial charge in [0.25, 0.3) is 5.91 Å². The van der Waals surface area contributed by atoms with Crippen LogP contribution in [0, 0.1) is 11.8 Å². The molecule has 1 unspecified atom stereocenters. The van der Waals surface area contributed by atoms with Crippen LogP contribution in [0.3, 0.4) is 0 Å². The summed E-state index contributed by atoms with van der Waals surface area (Å²) in [5.74, 6) is 1.63. The van der Waals surface area contributed by atoms with Crippen LogP contribution in [-0.4, -0.2) is 52.0 Å². The summed E-state index contributed by atoms with van der Waals surface area (Å²) in [5.41, 5.74) is 0.492. The molecule has 182 valence electrons. The molecule has 0 aliphatic rings. The fourth-order valence-electron chi connectivity index (χ4n) is 3.40. The third-order valence-corrected chi connectivity index (χ3v) is 5.73. The summed E-state index contributed by atoms with van der Waals surface area (Å²) in [7, 11) is 0. The maximum Gasteiger partial charge on any atom is 0.251 e. The number of thioether (sulfide) groups is 1. The lowest BCUT2D eigenvalue weighted by molar-refractivity contribution is -0.123. The van der Waals surface area contributed by atoms with Crippen molar-refractivity contribution in [2.24, 2.45) is 11.8 Å². The average Bonchev–Trinajstić information content (AvgIpc) is 3.16. The zero-order valence-electron chi connectivity index (χ0n) is 20.6. The standard InChI is InChI=1S/C24H37N5O3S/c1-7-32-19-12-10-18(11-13-19)22(30)26-21(17(4)5)23(31)25-14-8-9-20-27-28-24(33-6)29(20)15-16(2)3/h10-13,16-17,21H,7-9,14-15H2,1-6H3,(H,25,31)(H,26,30). The van der Waals surface area contributed by atoms with Crippen molar-refractivity contribution in [3.05, 3.63) is 35.7 Å². The van der Waals surface area contributed by atoms with Crippen molar-refractivity contribution >= 4 is 23.6 Å². The number of aryl methyl sites for hydroxylation is 1. The summed E-state index contributed by atoms with van der Waals surface area (Å²) in [6, 6.07) is 6.29. The molecule has 0 aliphatic heterocycles. The van der Waals surface area contributed by atoms with Crippen molar-refractivity contribution in [2.75, 3.05) is 19.4 Å². The van der Waals surface area contributed by atoms with E-state index in [2.05, 4.69) is 39.2 Å². The minimum atomic E-state index is -0.614. The molecule has 1 aromatic heterocycles. The molecule has 9 heteroatoms. The van der Waals surface area contributed by atoms with E-state index in [1.165, 1.54) is 0 Å². The van der Waals surface area contributed by atoms with Gasteiger partial charge in [0.15, 0.2) is 5.16 Å². The molecule has 0 saturated heterocycles. The lowest BCUT2D eigenvalue weighted by atomic mass is 10.0. The summed E-state index contributed by atoms with van der Waals surface area (Å²) < 4.78 is 7.57. The van der Waals surface area contributed by atoms with Crippen LogP contribution in [0.25, 0.3) is 0 Å². The van der Waals surface area contributed by atoms with Crippen molar-refractivity contribution in [3.63, 3.8) is 0 Å². The molecule has 0 spiro atoms. The third kappa shape index (κ3) is 8.07. The number of hydrogen-bond donors (Lipinski definition) is 2. The largest absolute Gasteiger partial charge is 0.494 e. The van der Waals surface area contributed by atoms with E-state index in [9.17, 15) is 9.59 Å². The fourth-order valence-corrected chi connectivity index (χ4v) is 3.92. The van der Waals surface area contributed by atoms with Gasteiger partial charge in [0.2, 0.25) is 5.91 Å². The Labute approximate surface area is 201 Å². The second-order valence-corrected chi connectivity index (χ2v) is 9.43. The van der Waals surface area contributed by atoms with E-state index in [0.29, 0.717) is 30.4 Å². The molecule has 2 rings (SSSR count). The predicted molar refractivity (Wildman–Crippen MR) is 132 cm³/mol. The van der Waals surface area contributed by atoms with Gasteiger partial charge in [0, 0.05) is 25.1 Å². The van der Waals surface area contributed by atoms with Crippen LogP contribution in [0.2, 0.25) is 0 Å². The molecule has 0 fully saturated rings. The van der Waals surface area contributed by atoms with Gasteiger partial charge in [0.1, 0.15) is 17.6 Å². The molecule has 1 atom stereocenters. The molecule has 1 heterocycles. The summed E-state index contributed by atoms with van der Waals surface area (Å²) >= 11 is 1.59. The molecule has 8 nitrogen and oxygen atoms in total. The van der Waals surface area contributed by atoms with E-state index in [-0.39, 0.29) is 17.7 Å². The van der Waals surface area contributed by atoms with Gasteiger partial charge in [-0.05, 0) is 55.7 Å². The van der Waals surface area contributed by atoms with Gasteiger partial charge < -0.3 is 19.9 Å². The van der Waals surface area contributed by atoms with Crippen molar-refractivity contribution < 1.29 is 14.3 Å². The number of ether oxygens (including phenoxy) is 1. The summed E-state index contributed by atoms with van der Waals surface area (Å²) in [5, 5.41) is 15.3. The van der Waals surface area contributed by atoms with Crippen LogP contribution in [0.1, 0.15) is 57.2 Å². The molecule has 0 saturated carbocycles. The molecule has 0 bridgehead atoms. The number of hydrogen-bond acceptors (Lipinski definition) is 6. The van der Waals surface area contributed by atoms with E-state index in [1.54, 1.807) is 36.0 Å². The minimum Gasteiger partial charge on any atom is -0.494 e. The zero-order valence-corrected chi connectivity index (χ0v) is 21.4. The number of rotatable bonds is 13. The van der Waals surface area contributed by atoms with Gasteiger partial charge in [-0.2, -0.15) is 0 Å². The number of nitrogens with one attached hydrogen (secondary N) is 2. The van der Waals surface area contributed by atoms with Crippen LogP contribution < -0.4 is 15.4 Å². The minimum absolute atomic E-state index is 0.0464. The highest BCUT2D eigenvalue weighted by Gasteiger charge is 2.24. The fraction of sp³-hybridized carbons (Fsp3) is 0.583. The molecule has 1 aromatic carbocycles. The molecular formula is C24H37N5O3S. The van der Waals surface area contributed by atoms with E-state index >= 15 is 0 Å². The van der Waals surface area contributed by atoms with E-state index in [4.69, 9.17) is 4.74 Å². The number of nitrogens with zero attached hydrogens (tertiary/aromatic N) is 3. The first-order chi connectivity index (χ1) is 15.8. The lowest BCUT2D eigenvalue weighted by Crippen LogP contribution is -2.49. The Hall–Kier alpha value is -2.55. The smallest absolute Gasteiger partial charge is 0.251 e. The molecule has 0 aliphatic carbocycles. The summed E-state index contributed by atoms with van der Waals surface area (Å²) in [6.45, 7) is 12.0. The Bertz CT molecular complexity index is 896. The second-order valence-electron chi connectivity index (χ2n) is 8.65. The number of amides is 2. The zero-order chi connectivity index (χ0) is 24.4. The molecule has 2 aromatic rings. The van der Waals surface area contributed by atoms with E-state index in [1.807, 2.05) is 27.0 Å². The van der Waals surface area contributed by atoms with Crippen LogP contribution in [0.5, 0.6) is 5.75 Å². The number of carbonyl (C=O) groups excluding carboxylic acids is 2. The van der Waals surface area contributed by atoms with Crippen molar-refractivity contribution in [1.82, 2.24) is 25.4 Å². The van der Waals surface area contributed by atoms with Crippen molar-refractivity contribution in [2.45, 2.75) is 65.2 Å². The predicted octanol–water partition coefficient (Wildman–Crippen LogP) is 3.56. The van der Waals surface area contributed by atoms with E-state index in [0.717, 1.165) is 30.4 Å². The third-order valence-electron chi connectivity index (χ3n) is 5.06. The van der Waals surface area contributed by atoms with Crippen LogP contribution in [-0.2, 0) is 17.8 Å². The first-order valence-electron chi connectivity index (χ1n) is 11.5.